The second-order valence-corrected chi connectivity index (χ2v) is 10.5. The Hall–Kier alpha value is -4.02. The molecule has 5 rings (SSSR count). The van der Waals surface area contributed by atoms with Gasteiger partial charge in [0.1, 0.15) is 16.9 Å². The van der Waals surface area contributed by atoms with E-state index in [1.807, 2.05) is 0 Å². The Morgan fingerprint density at radius 2 is 1.68 bits per heavy atom. The Kier molecular flexibility index (Phi) is 5.56. The Bertz CT molecular complexity index is 1830. The average molecular weight is 558 g/mol. The van der Waals surface area contributed by atoms with Gasteiger partial charge in [0.2, 0.25) is 0 Å². The highest BCUT2D eigenvalue weighted by molar-refractivity contribution is 7.91. The lowest BCUT2D eigenvalue weighted by Gasteiger charge is -2.07. The summed E-state index contributed by atoms with van der Waals surface area (Å²) < 4.78 is 109. The highest BCUT2D eigenvalue weighted by Crippen LogP contribution is 2.36. The van der Waals surface area contributed by atoms with Crippen molar-refractivity contribution in [2.24, 2.45) is 7.05 Å². The van der Waals surface area contributed by atoms with Gasteiger partial charge in [-0.05, 0) is 19.1 Å². The number of sulfone groups is 1. The minimum atomic E-state index is -4.73. The topological polar surface area (TPSA) is 113 Å². The van der Waals surface area contributed by atoms with Crippen molar-refractivity contribution in [3.05, 3.63) is 47.5 Å². The van der Waals surface area contributed by atoms with Gasteiger partial charge in [0.25, 0.3) is 0 Å². The van der Waals surface area contributed by atoms with Crippen molar-refractivity contribution < 1.29 is 34.8 Å². The number of aromatic nitrogens is 8. The summed E-state index contributed by atoms with van der Waals surface area (Å²) in [6.07, 6.45) is -7.57. The zero-order chi connectivity index (χ0) is 27.8. The molecule has 0 saturated carbocycles. The Morgan fingerprint density at radius 3 is 2.29 bits per heavy atom. The second-order valence-electron chi connectivity index (χ2n) is 8.26. The van der Waals surface area contributed by atoms with Crippen molar-refractivity contribution in [2.45, 2.75) is 31.2 Å². The molecule has 0 atom stereocenters. The summed E-state index contributed by atoms with van der Waals surface area (Å²) in [5, 5.41) is 7.25. The van der Waals surface area contributed by atoms with Gasteiger partial charge in [-0.2, -0.15) is 41.1 Å². The fourth-order valence-electron chi connectivity index (χ4n) is 3.92. The molecule has 0 unspecified atom stereocenters. The molecule has 0 aromatic carbocycles. The van der Waals surface area contributed by atoms with E-state index in [-0.39, 0.29) is 39.7 Å². The molecule has 0 fully saturated rings. The van der Waals surface area contributed by atoms with Gasteiger partial charge in [-0.1, -0.05) is 6.92 Å². The number of imidazole rings is 1. The zero-order valence-corrected chi connectivity index (χ0v) is 20.5. The maximum Gasteiger partial charge on any atom is 0.435 e. The van der Waals surface area contributed by atoms with Crippen molar-refractivity contribution in [1.82, 2.24) is 38.9 Å². The molecule has 0 aliphatic carbocycles. The van der Waals surface area contributed by atoms with Crippen LogP contribution in [0, 0.1) is 6.92 Å². The minimum absolute atomic E-state index is 0.0288. The first-order valence-electron chi connectivity index (χ1n) is 10.8. The number of nitrogens with zero attached hydrogens (tertiary/aromatic N) is 8. The van der Waals surface area contributed by atoms with E-state index in [9.17, 15) is 34.8 Å². The molecule has 0 amide bonds. The van der Waals surface area contributed by atoms with Crippen LogP contribution in [0.2, 0.25) is 0 Å². The summed E-state index contributed by atoms with van der Waals surface area (Å²) in [5.41, 5.74) is -2.54. The molecule has 0 saturated heterocycles. The fraction of sp³-hybridized carbons (Fsp3) is 0.286. The van der Waals surface area contributed by atoms with E-state index < -0.39 is 44.2 Å². The van der Waals surface area contributed by atoms with E-state index >= 15 is 0 Å². The van der Waals surface area contributed by atoms with Crippen LogP contribution >= 0.6 is 0 Å². The quantitative estimate of drug-likeness (QED) is 0.307. The van der Waals surface area contributed by atoms with E-state index in [4.69, 9.17) is 0 Å². The first kappa shape index (κ1) is 25.6. The average Bonchev–Trinajstić information content (AvgIpc) is 3.51. The van der Waals surface area contributed by atoms with E-state index in [2.05, 4.69) is 25.1 Å². The van der Waals surface area contributed by atoms with Crippen molar-refractivity contribution in [3.8, 4) is 17.2 Å². The minimum Gasteiger partial charge on any atom is -0.312 e. The number of alkyl halides is 6. The number of pyridine rings is 1. The van der Waals surface area contributed by atoms with Gasteiger partial charge >= 0.3 is 12.4 Å². The fourth-order valence-corrected chi connectivity index (χ4v) is 4.90. The van der Waals surface area contributed by atoms with Gasteiger partial charge < -0.3 is 4.57 Å². The molecule has 10 nitrogen and oxygen atoms in total. The number of rotatable bonds is 4. The van der Waals surface area contributed by atoms with Crippen LogP contribution in [0.3, 0.4) is 0 Å². The third-order valence-electron chi connectivity index (χ3n) is 5.80. The van der Waals surface area contributed by atoms with Crippen LogP contribution in [0.5, 0.6) is 0 Å². The first-order valence-corrected chi connectivity index (χ1v) is 12.4. The SMILES string of the molecule is CCS(=O)(=O)c1nn2c(-n3nc(C(F)(F)F)cc3C)ccnc2c1-c1nc2cc(C(F)(F)F)cnc2n1C. The van der Waals surface area contributed by atoms with Crippen molar-refractivity contribution >= 4 is 26.6 Å². The maximum atomic E-state index is 13.3. The normalized spacial score (nSPS) is 13.2. The van der Waals surface area contributed by atoms with Gasteiger partial charge in [-0.15, -0.1) is 0 Å². The lowest BCUT2D eigenvalue weighted by molar-refractivity contribution is -0.141. The summed E-state index contributed by atoms with van der Waals surface area (Å²) in [4.78, 5) is 12.2. The molecule has 0 bridgehead atoms. The van der Waals surface area contributed by atoms with Crippen LogP contribution in [0.25, 0.3) is 34.0 Å². The monoisotopic (exact) mass is 558 g/mol. The van der Waals surface area contributed by atoms with Gasteiger partial charge in [0.05, 0.1) is 11.3 Å². The molecule has 17 heteroatoms. The van der Waals surface area contributed by atoms with Gasteiger partial charge in [-0.3, -0.25) is 0 Å². The summed E-state index contributed by atoms with van der Waals surface area (Å²) in [7, 11) is -2.66. The standard InChI is InChI=1S/C21H16F6N8O2S/c1-4-38(36,37)19-15(18-30-12-8-11(20(22,23)24)9-29-16(12)33(18)3)17-28-6-5-14(35(17)32-19)34-10(2)7-13(31-34)21(25,26)27/h5-9H,4H2,1-3H3. The summed E-state index contributed by atoms with van der Waals surface area (Å²) >= 11 is 0. The van der Waals surface area contributed by atoms with Crippen molar-refractivity contribution in [3.63, 3.8) is 0 Å². The van der Waals surface area contributed by atoms with Gasteiger partial charge in [-0.25, -0.2) is 28.1 Å². The Labute approximate surface area is 209 Å². The third kappa shape index (κ3) is 3.97. The second kappa shape index (κ2) is 8.24. The van der Waals surface area contributed by atoms with Crippen LogP contribution in [-0.2, 0) is 29.2 Å². The lowest BCUT2D eigenvalue weighted by atomic mass is 10.2. The molecule has 0 aliphatic rings. The van der Waals surface area contributed by atoms with Gasteiger partial charge in [0, 0.05) is 31.2 Å². The molecule has 0 N–H and O–H groups in total. The molecule has 0 spiro atoms. The lowest BCUT2D eigenvalue weighted by Crippen LogP contribution is -2.11. The van der Waals surface area contributed by atoms with E-state index in [0.717, 1.165) is 21.3 Å². The molecular formula is C21H16F6N8O2S. The predicted octanol–water partition coefficient (Wildman–Crippen LogP) is 4.00. The number of aryl methyl sites for hydroxylation is 2. The smallest absolute Gasteiger partial charge is 0.312 e. The van der Waals surface area contributed by atoms with Crippen molar-refractivity contribution in [2.75, 3.05) is 5.75 Å². The molecule has 38 heavy (non-hydrogen) atoms. The third-order valence-corrected chi connectivity index (χ3v) is 7.43. The number of hydrogen-bond donors (Lipinski definition) is 0. The Balaban J connectivity index is 1.83. The molecular weight excluding hydrogens is 542 g/mol. The zero-order valence-electron chi connectivity index (χ0n) is 19.7. The van der Waals surface area contributed by atoms with Gasteiger partial charge in [0.15, 0.2) is 37.7 Å². The van der Waals surface area contributed by atoms with Crippen LogP contribution in [0.4, 0.5) is 26.3 Å². The van der Waals surface area contributed by atoms with Crippen LogP contribution in [0.15, 0.2) is 35.6 Å². The molecule has 0 aliphatic heterocycles. The van der Waals surface area contributed by atoms with E-state index in [0.29, 0.717) is 6.20 Å². The van der Waals surface area contributed by atoms with E-state index in [1.54, 1.807) is 0 Å². The van der Waals surface area contributed by atoms with Crippen LogP contribution in [-0.4, -0.2) is 53.1 Å². The maximum absolute atomic E-state index is 13.3. The number of hydrogen-bond acceptors (Lipinski definition) is 7. The number of halogens is 6. The van der Waals surface area contributed by atoms with E-state index in [1.165, 1.54) is 37.7 Å². The van der Waals surface area contributed by atoms with Crippen LogP contribution < -0.4 is 0 Å². The summed E-state index contributed by atoms with van der Waals surface area (Å²) in [5.74, 6) is -0.566. The molecule has 5 heterocycles. The highest BCUT2D eigenvalue weighted by Gasteiger charge is 2.36. The largest absolute Gasteiger partial charge is 0.435 e. The first-order chi connectivity index (χ1) is 17.6. The Morgan fingerprint density at radius 1 is 0.974 bits per heavy atom. The molecule has 200 valence electrons. The summed E-state index contributed by atoms with van der Waals surface area (Å²) in [6.45, 7) is 2.73. The highest BCUT2D eigenvalue weighted by atomic mass is 32.2. The molecule has 5 aromatic rings. The van der Waals surface area contributed by atoms with Crippen LogP contribution in [0.1, 0.15) is 23.9 Å². The van der Waals surface area contributed by atoms with Crippen molar-refractivity contribution in [1.29, 1.82) is 0 Å². The number of fused-ring (bicyclic) bond motifs is 2. The molecule has 5 aromatic heterocycles. The molecule has 0 radical (unpaired) electrons. The summed E-state index contributed by atoms with van der Waals surface area (Å²) in [6, 6.07) is 2.88. The predicted molar refractivity (Wildman–Crippen MR) is 120 cm³/mol.